The summed E-state index contributed by atoms with van der Waals surface area (Å²) in [6, 6.07) is 13.0. The van der Waals surface area contributed by atoms with Crippen molar-refractivity contribution in [1.82, 2.24) is 4.98 Å². The summed E-state index contributed by atoms with van der Waals surface area (Å²) >= 11 is 6.22. The fourth-order valence-corrected chi connectivity index (χ4v) is 3.54. The first kappa shape index (κ1) is 20.6. The largest absolute Gasteiger partial charge is 0.502 e. The first-order valence-electron chi connectivity index (χ1n) is 9.44. The van der Waals surface area contributed by atoms with Crippen molar-refractivity contribution >= 4 is 40.3 Å². The number of aromatic nitrogens is 1. The topological polar surface area (TPSA) is 102 Å². The highest BCUT2D eigenvalue weighted by atomic mass is 35.5. The molecule has 0 saturated carbocycles. The van der Waals surface area contributed by atoms with E-state index in [4.69, 9.17) is 16.0 Å². The third-order valence-corrected chi connectivity index (χ3v) is 5.65. The van der Waals surface area contributed by atoms with Gasteiger partial charge in [-0.3, -0.25) is 15.1 Å². The molecule has 0 radical (unpaired) electrons. The molecule has 1 aromatic heterocycles. The summed E-state index contributed by atoms with van der Waals surface area (Å²) in [5.41, 5.74) is 4.51. The zero-order chi connectivity index (χ0) is 22.3. The Labute approximate surface area is 182 Å². The van der Waals surface area contributed by atoms with Crippen molar-refractivity contribution in [1.29, 1.82) is 0 Å². The van der Waals surface area contributed by atoms with Crippen LogP contribution in [-0.2, 0) is 0 Å². The highest BCUT2D eigenvalue weighted by molar-refractivity contribution is 6.33. The highest BCUT2D eigenvalue weighted by Gasteiger charge is 2.25. The standard InChI is InChI=1S/C23H18ClN3O4/c1-12-4-9-18-19(10-12)31-23(26-18)15-5-7-16(8-6-15)25-11-17-13(2)20(24)14(3)21(22(17)28)27(29)30/h4-11,28H,1-3H3. The first-order valence-corrected chi connectivity index (χ1v) is 9.81. The average Bonchev–Trinajstić information content (AvgIpc) is 3.15. The first-order chi connectivity index (χ1) is 14.8. The Bertz CT molecular complexity index is 1360. The molecule has 0 fully saturated rings. The lowest BCUT2D eigenvalue weighted by molar-refractivity contribution is -0.386. The maximum Gasteiger partial charge on any atom is 0.315 e. The van der Waals surface area contributed by atoms with E-state index in [0.29, 0.717) is 17.1 Å². The molecule has 4 aromatic rings. The molecule has 0 saturated heterocycles. The second kappa shape index (κ2) is 7.85. The number of aromatic hydroxyl groups is 1. The summed E-state index contributed by atoms with van der Waals surface area (Å²) in [5.74, 6) is 0.0529. The van der Waals surface area contributed by atoms with E-state index in [2.05, 4.69) is 9.98 Å². The Balaban J connectivity index is 1.66. The van der Waals surface area contributed by atoms with Gasteiger partial charge in [0.05, 0.1) is 15.6 Å². The number of nitrogens with zero attached hydrogens (tertiary/aromatic N) is 3. The molecule has 8 heteroatoms. The van der Waals surface area contributed by atoms with Gasteiger partial charge in [-0.2, -0.15) is 0 Å². The molecular formula is C23H18ClN3O4. The van der Waals surface area contributed by atoms with Gasteiger partial charge < -0.3 is 9.52 Å². The lowest BCUT2D eigenvalue weighted by Gasteiger charge is -2.10. The molecule has 0 atom stereocenters. The van der Waals surface area contributed by atoms with Crippen LogP contribution in [0.4, 0.5) is 11.4 Å². The Kier molecular flexibility index (Phi) is 5.20. The molecule has 31 heavy (non-hydrogen) atoms. The van der Waals surface area contributed by atoms with E-state index in [1.54, 1.807) is 19.1 Å². The number of phenolic OH excluding ortho intramolecular Hbond substituents is 1. The Morgan fingerprint density at radius 1 is 1.13 bits per heavy atom. The number of rotatable bonds is 4. The summed E-state index contributed by atoms with van der Waals surface area (Å²) in [6.45, 7) is 5.17. The number of nitro benzene ring substituents is 1. The quantitative estimate of drug-likeness (QED) is 0.226. The van der Waals surface area contributed by atoms with Gasteiger partial charge in [0.25, 0.3) is 0 Å². The second-order valence-corrected chi connectivity index (χ2v) is 7.61. The van der Waals surface area contributed by atoms with Crippen molar-refractivity contribution in [3.63, 3.8) is 0 Å². The molecule has 1 heterocycles. The fourth-order valence-electron chi connectivity index (χ4n) is 3.35. The van der Waals surface area contributed by atoms with Crippen molar-refractivity contribution < 1.29 is 14.4 Å². The van der Waals surface area contributed by atoms with Crippen LogP contribution < -0.4 is 0 Å². The van der Waals surface area contributed by atoms with E-state index in [1.807, 2.05) is 37.3 Å². The molecule has 1 N–H and O–H groups in total. The lowest BCUT2D eigenvalue weighted by Crippen LogP contribution is -1.99. The summed E-state index contributed by atoms with van der Waals surface area (Å²) in [5, 5.41) is 21.9. The van der Waals surface area contributed by atoms with Gasteiger partial charge in [0.2, 0.25) is 11.6 Å². The molecule has 3 aromatic carbocycles. The van der Waals surface area contributed by atoms with E-state index < -0.39 is 16.4 Å². The summed E-state index contributed by atoms with van der Waals surface area (Å²) in [7, 11) is 0. The lowest BCUT2D eigenvalue weighted by atomic mass is 10.0. The summed E-state index contributed by atoms with van der Waals surface area (Å²) < 4.78 is 5.83. The van der Waals surface area contributed by atoms with E-state index in [-0.39, 0.29) is 16.1 Å². The molecular weight excluding hydrogens is 418 g/mol. The predicted molar refractivity (Wildman–Crippen MR) is 121 cm³/mol. The van der Waals surface area contributed by atoms with Crippen molar-refractivity contribution in [2.45, 2.75) is 20.8 Å². The molecule has 0 aliphatic heterocycles. The van der Waals surface area contributed by atoms with Crippen molar-refractivity contribution in [3.8, 4) is 17.2 Å². The van der Waals surface area contributed by atoms with Crippen molar-refractivity contribution in [2.75, 3.05) is 0 Å². The minimum Gasteiger partial charge on any atom is -0.502 e. The minimum atomic E-state index is -0.649. The SMILES string of the molecule is Cc1ccc2nc(-c3ccc(N=Cc4c(C)c(Cl)c(C)c([N+](=O)[O-])c4O)cc3)oc2c1. The van der Waals surface area contributed by atoms with Crippen LogP contribution in [0.15, 0.2) is 51.9 Å². The van der Waals surface area contributed by atoms with Gasteiger partial charge in [-0.05, 0) is 68.3 Å². The van der Waals surface area contributed by atoms with Crippen molar-refractivity contribution in [2.24, 2.45) is 4.99 Å². The van der Waals surface area contributed by atoms with E-state index in [9.17, 15) is 15.2 Å². The highest BCUT2D eigenvalue weighted by Crippen LogP contribution is 2.40. The van der Waals surface area contributed by atoms with Crippen molar-refractivity contribution in [3.05, 3.63) is 79.9 Å². The molecule has 0 aliphatic rings. The third kappa shape index (κ3) is 3.75. The number of aryl methyl sites for hydroxylation is 1. The number of oxazole rings is 1. The number of halogens is 1. The molecule has 4 rings (SSSR count). The molecule has 0 spiro atoms. The van der Waals surface area contributed by atoms with Gasteiger partial charge in [0.1, 0.15) is 5.52 Å². The monoisotopic (exact) mass is 435 g/mol. The molecule has 0 amide bonds. The molecule has 156 valence electrons. The summed E-state index contributed by atoms with van der Waals surface area (Å²) in [6.07, 6.45) is 1.38. The molecule has 0 bridgehead atoms. The van der Waals surface area contributed by atoms with Gasteiger partial charge in [-0.1, -0.05) is 17.7 Å². The zero-order valence-electron chi connectivity index (χ0n) is 17.0. The summed E-state index contributed by atoms with van der Waals surface area (Å²) in [4.78, 5) is 19.5. The number of hydrogen-bond acceptors (Lipinski definition) is 6. The van der Waals surface area contributed by atoms with Crippen LogP contribution in [0.2, 0.25) is 5.02 Å². The van der Waals surface area contributed by atoms with Crippen LogP contribution >= 0.6 is 11.6 Å². The van der Waals surface area contributed by atoms with Crippen LogP contribution in [0.25, 0.3) is 22.6 Å². The Morgan fingerprint density at radius 2 is 1.84 bits per heavy atom. The third-order valence-electron chi connectivity index (χ3n) is 5.08. The predicted octanol–water partition coefficient (Wildman–Crippen LogP) is 6.44. The van der Waals surface area contributed by atoms with Gasteiger partial charge in [0.15, 0.2) is 5.58 Å². The maximum atomic E-state index is 11.3. The van der Waals surface area contributed by atoms with Gasteiger partial charge in [-0.15, -0.1) is 0 Å². The van der Waals surface area contributed by atoms with Gasteiger partial charge in [0, 0.05) is 22.9 Å². The number of hydrogen-bond donors (Lipinski definition) is 1. The van der Waals surface area contributed by atoms with E-state index in [0.717, 1.165) is 22.2 Å². The fraction of sp³-hybridized carbons (Fsp3) is 0.130. The van der Waals surface area contributed by atoms with Crippen LogP contribution in [0.1, 0.15) is 22.3 Å². The smallest absolute Gasteiger partial charge is 0.315 e. The van der Waals surface area contributed by atoms with Gasteiger partial charge >= 0.3 is 5.69 Å². The number of nitro groups is 1. The minimum absolute atomic E-state index is 0.209. The second-order valence-electron chi connectivity index (χ2n) is 7.23. The van der Waals surface area contributed by atoms with Gasteiger partial charge in [-0.25, -0.2) is 4.98 Å². The Hall–Kier alpha value is -3.71. The number of fused-ring (bicyclic) bond motifs is 1. The molecule has 0 unspecified atom stereocenters. The zero-order valence-corrected chi connectivity index (χ0v) is 17.8. The van der Waals surface area contributed by atoms with E-state index in [1.165, 1.54) is 13.1 Å². The maximum absolute atomic E-state index is 11.3. The van der Waals surface area contributed by atoms with Crippen LogP contribution in [-0.4, -0.2) is 21.2 Å². The molecule has 0 aliphatic carbocycles. The number of benzene rings is 3. The van der Waals surface area contributed by atoms with E-state index >= 15 is 0 Å². The average molecular weight is 436 g/mol. The van der Waals surface area contributed by atoms with Crippen LogP contribution in [0.3, 0.4) is 0 Å². The normalized spacial score (nSPS) is 11.5. The molecule has 7 nitrogen and oxygen atoms in total. The number of aliphatic imine (C=N–C) groups is 1. The number of phenols is 1. The van der Waals surface area contributed by atoms with Crippen LogP contribution in [0.5, 0.6) is 5.75 Å². The Morgan fingerprint density at radius 3 is 2.52 bits per heavy atom. The van der Waals surface area contributed by atoms with Crippen LogP contribution in [0, 0.1) is 30.9 Å².